The lowest BCUT2D eigenvalue weighted by molar-refractivity contribution is -0.148. The molecule has 2 rings (SSSR count). The molecule has 0 aliphatic carbocycles. The molecule has 0 N–H and O–H groups in total. The normalized spacial score (nSPS) is 16.4. The molecule has 1 aromatic carbocycles. The van der Waals surface area contributed by atoms with Crippen molar-refractivity contribution in [1.82, 2.24) is 9.21 Å². The standard InChI is InChI=1S/C18H23N3O5S/c1-14-3-5-16(6-4-14)27(24,25)21-11-9-20(10-12-21)17(22)7-8-18(23)26-15(2)13-19/h3-6,15H,7-12H2,1-2H3/t15-/m1/s1. The number of esters is 1. The molecule has 1 saturated heterocycles. The van der Waals surface area contributed by atoms with Crippen molar-refractivity contribution in [3.05, 3.63) is 29.8 Å². The molecule has 1 aromatic rings. The lowest BCUT2D eigenvalue weighted by atomic mass is 10.2. The summed E-state index contributed by atoms with van der Waals surface area (Å²) in [5.41, 5.74) is 0.979. The van der Waals surface area contributed by atoms with E-state index in [2.05, 4.69) is 0 Å². The summed E-state index contributed by atoms with van der Waals surface area (Å²) in [7, 11) is -3.58. The van der Waals surface area contributed by atoms with Gasteiger partial charge in [-0.25, -0.2) is 8.42 Å². The van der Waals surface area contributed by atoms with Crippen LogP contribution in [0.15, 0.2) is 29.2 Å². The number of aryl methyl sites for hydroxylation is 1. The van der Waals surface area contributed by atoms with Crippen LogP contribution in [0.25, 0.3) is 0 Å². The van der Waals surface area contributed by atoms with Gasteiger partial charge in [-0.3, -0.25) is 9.59 Å². The minimum absolute atomic E-state index is 0.0261. The summed E-state index contributed by atoms with van der Waals surface area (Å²) in [6, 6.07) is 8.44. The van der Waals surface area contributed by atoms with Gasteiger partial charge in [-0.15, -0.1) is 0 Å². The molecule has 0 bridgehead atoms. The van der Waals surface area contributed by atoms with E-state index >= 15 is 0 Å². The number of nitriles is 1. The topological polar surface area (TPSA) is 108 Å². The molecular formula is C18H23N3O5S. The van der Waals surface area contributed by atoms with E-state index in [0.717, 1.165) is 5.56 Å². The van der Waals surface area contributed by atoms with E-state index in [1.807, 2.05) is 6.92 Å². The van der Waals surface area contributed by atoms with Crippen LogP contribution in [0.4, 0.5) is 0 Å². The van der Waals surface area contributed by atoms with Gasteiger partial charge in [-0.05, 0) is 26.0 Å². The van der Waals surface area contributed by atoms with Gasteiger partial charge >= 0.3 is 5.97 Å². The first-order chi connectivity index (χ1) is 12.7. The second-order valence-corrected chi connectivity index (χ2v) is 8.30. The van der Waals surface area contributed by atoms with Gasteiger partial charge in [0.15, 0.2) is 6.10 Å². The van der Waals surface area contributed by atoms with Crippen molar-refractivity contribution < 1.29 is 22.7 Å². The van der Waals surface area contributed by atoms with Crippen molar-refractivity contribution >= 4 is 21.9 Å². The number of benzene rings is 1. The zero-order valence-electron chi connectivity index (χ0n) is 15.4. The van der Waals surface area contributed by atoms with E-state index in [-0.39, 0.29) is 49.8 Å². The van der Waals surface area contributed by atoms with E-state index in [9.17, 15) is 18.0 Å². The van der Waals surface area contributed by atoms with E-state index < -0.39 is 22.1 Å². The summed E-state index contributed by atoms with van der Waals surface area (Å²) in [5.74, 6) is -0.832. The lowest BCUT2D eigenvalue weighted by Crippen LogP contribution is -2.50. The van der Waals surface area contributed by atoms with Gasteiger partial charge in [-0.2, -0.15) is 9.57 Å². The maximum absolute atomic E-state index is 12.7. The molecule has 0 saturated carbocycles. The maximum Gasteiger partial charge on any atom is 0.307 e. The number of carbonyl (C=O) groups is 2. The van der Waals surface area contributed by atoms with Crippen LogP contribution in [0.2, 0.25) is 0 Å². The second-order valence-electron chi connectivity index (χ2n) is 6.36. The maximum atomic E-state index is 12.7. The second kappa shape index (κ2) is 8.97. The van der Waals surface area contributed by atoms with Crippen LogP contribution in [0.5, 0.6) is 0 Å². The summed E-state index contributed by atoms with van der Waals surface area (Å²) < 4.78 is 31.5. The fourth-order valence-electron chi connectivity index (χ4n) is 2.69. The number of sulfonamides is 1. The molecule has 0 aromatic heterocycles. The highest BCUT2D eigenvalue weighted by molar-refractivity contribution is 7.89. The van der Waals surface area contributed by atoms with Gasteiger partial charge in [0.2, 0.25) is 15.9 Å². The van der Waals surface area contributed by atoms with E-state index in [0.29, 0.717) is 0 Å². The highest BCUT2D eigenvalue weighted by atomic mass is 32.2. The number of piperazine rings is 1. The quantitative estimate of drug-likeness (QED) is 0.669. The largest absolute Gasteiger partial charge is 0.447 e. The molecular weight excluding hydrogens is 370 g/mol. The molecule has 1 atom stereocenters. The van der Waals surface area contributed by atoms with Gasteiger partial charge in [0, 0.05) is 32.6 Å². The fraction of sp³-hybridized carbons (Fsp3) is 0.500. The monoisotopic (exact) mass is 393 g/mol. The zero-order chi connectivity index (χ0) is 20.0. The molecule has 8 nitrogen and oxygen atoms in total. The first-order valence-corrected chi connectivity index (χ1v) is 10.1. The van der Waals surface area contributed by atoms with Crippen LogP contribution in [-0.2, 0) is 24.3 Å². The molecule has 1 aliphatic heterocycles. The Balaban J connectivity index is 1.85. The van der Waals surface area contributed by atoms with Crippen molar-refractivity contribution in [3.8, 4) is 6.07 Å². The summed E-state index contributed by atoms with van der Waals surface area (Å²) in [6.45, 7) is 4.29. The molecule has 0 unspecified atom stereocenters. The van der Waals surface area contributed by atoms with Crippen molar-refractivity contribution in [2.75, 3.05) is 26.2 Å². The fourth-order valence-corrected chi connectivity index (χ4v) is 4.11. The summed E-state index contributed by atoms with van der Waals surface area (Å²) in [5, 5.41) is 8.60. The summed E-state index contributed by atoms with van der Waals surface area (Å²) in [6.07, 6.45) is -0.975. The van der Waals surface area contributed by atoms with Crippen LogP contribution in [0.3, 0.4) is 0 Å². The third-order valence-electron chi connectivity index (χ3n) is 4.28. The molecule has 1 fully saturated rings. The number of carbonyl (C=O) groups excluding carboxylic acids is 2. The predicted octanol–water partition coefficient (Wildman–Crippen LogP) is 1.06. The van der Waals surface area contributed by atoms with Crippen LogP contribution in [0, 0.1) is 18.3 Å². The Hall–Kier alpha value is -2.44. The summed E-state index contributed by atoms with van der Waals surface area (Å²) >= 11 is 0. The van der Waals surface area contributed by atoms with Crippen LogP contribution in [-0.4, -0.2) is 61.8 Å². The number of amides is 1. The van der Waals surface area contributed by atoms with Crippen molar-refractivity contribution in [2.24, 2.45) is 0 Å². The van der Waals surface area contributed by atoms with Gasteiger partial charge < -0.3 is 9.64 Å². The number of hydrogen-bond donors (Lipinski definition) is 0. The molecule has 1 amide bonds. The third kappa shape index (κ3) is 5.52. The van der Waals surface area contributed by atoms with Gasteiger partial charge in [0.1, 0.15) is 6.07 Å². The smallest absolute Gasteiger partial charge is 0.307 e. The Labute approximate surface area is 159 Å². The van der Waals surface area contributed by atoms with Crippen LogP contribution >= 0.6 is 0 Å². The zero-order valence-corrected chi connectivity index (χ0v) is 16.2. The average molecular weight is 393 g/mol. The molecule has 146 valence electrons. The first kappa shape index (κ1) is 20.9. The molecule has 0 radical (unpaired) electrons. The number of hydrogen-bond acceptors (Lipinski definition) is 6. The number of rotatable bonds is 6. The molecule has 0 spiro atoms. The molecule has 1 aliphatic rings. The molecule has 1 heterocycles. The molecule has 27 heavy (non-hydrogen) atoms. The Bertz CT molecular complexity index is 822. The average Bonchev–Trinajstić information content (AvgIpc) is 2.66. The highest BCUT2D eigenvalue weighted by Gasteiger charge is 2.30. The lowest BCUT2D eigenvalue weighted by Gasteiger charge is -2.34. The van der Waals surface area contributed by atoms with Crippen molar-refractivity contribution in [2.45, 2.75) is 37.7 Å². The Morgan fingerprint density at radius 1 is 1.15 bits per heavy atom. The highest BCUT2D eigenvalue weighted by Crippen LogP contribution is 2.18. The predicted molar refractivity (Wildman–Crippen MR) is 96.9 cm³/mol. The van der Waals surface area contributed by atoms with Crippen molar-refractivity contribution in [3.63, 3.8) is 0 Å². The van der Waals surface area contributed by atoms with E-state index in [4.69, 9.17) is 10.00 Å². The third-order valence-corrected chi connectivity index (χ3v) is 6.20. The van der Waals surface area contributed by atoms with Gasteiger partial charge in [0.05, 0.1) is 11.3 Å². The number of nitrogens with zero attached hydrogens (tertiary/aromatic N) is 3. The van der Waals surface area contributed by atoms with Gasteiger partial charge in [0.25, 0.3) is 0 Å². The number of ether oxygens (including phenoxy) is 1. The van der Waals surface area contributed by atoms with Crippen LogP contribution in [0.1, 0.15) is 25.3 Å². The minimum Gasteiger partial charge on any atom is -0.447 e. The Kier molecular flexibility index (Phi) is 6.93. The SMILES string of the molecule is Cc1ccc(S(=O)(=O)N2CCN(C(=O)CCC(=O)O[C@H](C)C#N)CC2)cc1. The Morgan fingerprint density at radius 3 is 2.30 bits per heavy atom. The molecule has 9 heteroatoms. The Morgan fingerprint density at radius 2 is 1.74 bits per heavy atom. The first-order valence-electron chi connectivity index (χ1n) is 8.67. The summed E-state index contributed by atoms with van der Waals surface area (Å²) in [4.78, 5) is 25.5. The van der Waals surface area contributed by atoms with E-state index in [1.54, 1.807) is 35.2 Å². The van der Waals surface area contributed by atoms with Crippen molar-refractivity contribution in [1.29, 1.82) is 5.26 Å². The van der Waals surface area contributed by atoms with Gasteiger partial charge in [-0.1, -0.05) is 17.7 Å². The van der Waals surface area contributed by atoms with Crippen LogP contribution < -0.4 is 0 Å². The van der Waals surface area contributed by atoms with E-state index in [1.165, 1.54) is 11.2 Å². The minimum atomic E-state index is -3.58.